The largest absolute Gasteiger partial charge is 0.455 e. The molecule has 9 rings (SSSR count). The number of para-hydroxylation sites is 3. The fraction of sp³-hybridized carbons (Fsp3) is 0.0513. The minimum atomic E-state index is -3.42. The first-order valence-electron chi connectivity index (χ1n) is 14.8. The molecule has 0 spiro atoms. The van der Waals surface area contributed by atoms with Crippen molar-refractivity contribution in [3.63, 3.8) is 0 Å². The molecule has 3 heterocycles. The van der Waals surface area contributed by atoms with Crippen LogP contribution in [-0.4, -0.2) is 13.0 Å². The molecule has 1 aliphatic rings. The molecule has 0 unspecified atom stereocenters. The van der Waals surface area contributed by atoms with E-state index in [0.717, 1.165) is 82.8 Å². The highest BCUT2D eigenvalue weighted by atomic mass is 32.2. The maximum Gasteiger partial charge on any atom is 0.188 e. The number of nitrogens with zero attached hydrogens (tertiary/aromatic N) is 2. The van der Waals surface area contributed by atoms with Crippen molar-refractivity contribution in [3.05, 3.63) is 144 Å². The van der Waals surface area contributed by atoms with Crippen LogP contribution < -0.4 is 0 Å². The summed E-state index contributed by atoms with van der Waals surface area (Å²) >= 11 is 0. The van der Waals surface area contributed by atoms with Gasteiger partial charge in [-0.15, -0.1) is 0 Å². The SMILES string of the molecule is [C-]#[N+]c1ccc2c(c1)c1ccccc1n2-c1ccc2c(c1)CS(=O)(=O)Cc1ccc(-c3cccc4c3oc3ccccc34)cc1-2. The van der Waals surface area contributed by atoms with E-state index in [4.69, 9.17) is 11.0 Å². The number of hydrogen-bond acceptors (Lipinski definition) is 3. The van der Waals surface area contributed by atoms with Gasteiger partial charge in [-0.2, -0.15) is 0 Å². The van der Waals surface area contributed by atoms with Crippen molar-refractivity contribution < 1.29 is 12.8 Å². The van der Waals surface area contributed by atoms with Crippen LogP contribution in [0.4, 0.5) is 5.69 Å². The van der Waals surface area contributed by atoms with Crippen LogP contribution in [0.25, 0.3) is 76.5 Å². The lowest BCUT2D eigenvalue weighted by Crippen LogP contribution is -2.06. The zero-order valence-electron chi connectivity index (χ0n) is 24.0. The van der Waals surface area contributed by atoms with Gasteiger partial charge in [0.1, 0.15) is 11.2 Å². The van der Waals surface area contributed by atoms with Crippen LogP contribution in [0.15, 0.2) is 126 Å². The first-order valence-corrected chi connectivity index (χ1v) is 16.6. The second-order valence-electron chi connectivity index (χ2n) is 11.7. The topological polar surface area (TPSA) is 56.6 Å². The summed E-state index contributed by atoms with van der Waals surface area (Å²) in [6.45, 7) is 7.51. The van der Waals surface area contributed by atoms with Crippen molar-refractivity contribution >= 4 is 59.3 Å². The lowest BCUT2D eigenvalue weighted by atomic mass is 9.92. The molecule has 0 radical (unpaired) electrons. The lowest BCUT2D eigenvalue weighted by molar-refractivity contribution is 0.595. The summed E-state index contributed by atoms with van der Waals surface area (Å²) in [6.07, 6.45) is 0. The van der Waals surface area contributed by atoms with Crippen molar-refractivity contribution in [2.75, 3.05) is 0 Å². The molecule has 8 aromatic rings. The van der Waals surface area contributed by atoms with Crippen LogP contribution in [-0.2, 0) is 21.3 Å². The van der Waals surface area contributed by atoms with Gasteiger partial charge in [0.15, 0.2) is 15.5 Å². The fourth-order valence-electron chi connectivity index (χ4n) is 7.03. The molecular formula is C39H24N2O3S. The minimum absolute atomic E-state index is 0.0176. The van der Waals surface area contributed by atoms with Gasteiger partial charge in [0.05, 0.1) is 29.1 Å². The summed E-state index contributed by atoms with van der Waals surface area (Å²) in [4.78, 5) is 3.64. The van der Waals surface area contributed by atoms with Crippen LogP contribution >= 0.6 is 0 Å². The Balaban J connectivity index is 1.25. The molecular weight excluding hydrogens is 577 g/mol. The molecule has 2 aromatic heterocycles. The quantitative estimate of drug-likeness (QED) is 0.186. The van der Waals surface area contributed by atoms with Gasteiger partial charge in [-0.3, -0.25) is 0 Å². The van der Waals surface area contributed by atoms with Crippen LogP contribution in [0, 0.1) is 6.57 Å². The predicted molar refractivity (Wildman–Crippen MR) is 182 cm³/mol. The maximum absolute atomic E-state index is 13.5. The monoisotopic (exact) mass is 600 g/mol. The molecule has 214 valence electrons. The van der Waals surface area contributed by atoms with Gasteiger partial charge in [-0.05, 0) is 75.7 Å². The third-order valence-corrected chi connectivity index (χ3v) is 10.5. The molecule has 0 saturated carbocycles. The Kier molecular flexibility index (Phi) is 5.41. The van der Waals surface area contributed by atoms with Gasteiger partial charge in [-0.25, -0.2) is 13.3 Å². The number of furan rings is 1. The number of rotatable bonds is 2. The maximum atomic E-state index is 13.5. The van der Waals surface area contributed by atoms with Gasteiger partial charge in [-0.1, -0.05) is 78.9 Å². The predicted octanol–water partition coefficient (Wildman–Crippen LogP) is 10.00. The molecule has 0 amide bonds. The fourth-order valence-corrected chi connectivity index (χ4v) is 8.57. The Morgan fingerprint density at radius 3 is 2.29 bits per heavy atom. The zero-order valence-corrected chi connectivity index (χ0v) is 24.8. The molecule has 5 nitrogen and oxygen atoms in total. The first kappa shape index (κ1) is 25.8. The minimum Gasteiger partial charge on any atom is -0.455 e. The second kappa shape index (κ2) is 9.43. The van der Waals surface area contributed by atoms with E-state index in [2.05, 4.69) is 57.9 Å². The van der Waals surface area contributed by atoms with Gasteiger partial charge in [0.25, 0.3) is 0 Å². The van der Waals surface area contributed by atoms with E-state index in [1.165, 1.54) is 0 Å². The highest BCUT2D eigenvalue weighted by Gasteiger charge is 2.26. The molecule has 0 atom stereocenters. The average molecular weight is 601 g/mol. The van der Waals surface area contributed by atoms with Gasteiger partial charge in [0.2, 0.25) is 0 Å². The molecule has 0 saturated heterocycles. The summed E-state index contributed by atoms with van der Waals surface area (Å²) in [5.74, 6) is -0.0609. The highest BCUT2D eigenvalue weighted by Crippen LogP contribution is 2.42. The van der Waals surface area contributed by atoms with Crippen LogP contribution in [0.3, 0.4) is 0 Å². The van der Waals surface area contributed by atoms with Crippen molar-refractivity contribution in [2.45, 2.75) is 11.5 Å². The van der Waals surface area contributed by atoms with Crippen molar-refractivity contribution in [1.29, 1.82) is 0 Å². The number of benzene rings is 6. The molecule has 1 aliphatic heterocycles. The number of sulfone groups is 1. The van der Waals surface area contributed by atoms with Crippen molar-refractivity contribution in [3.8, 4) is 27.9 Å². The Labute approximate surface area is 259 Å². The first-order chi connectivity index (χ1) is 22.0. The smallest absolute Gasteiger partial charge is 0.188 e. The third-order valence-electron chi connectivity index (χ3n) is 9.00. The van der Waals surface area contributed by atoms with Crippen molar-refractivity contribution in [1.82, 2.24) is 4.57 Å². The van der Waals surface area contributed by atoms with Crippen LogP contribution in [0.5, 0.6) is 0 Å². The molecule has 0 aliphatic carbocycles. The third kappa shape index (κ3) is 3.95. The van der Waals surface area contributed by atoms with Crippen LogP contribution in [0.2, 0.25) is 0 Å². The van der Waals surface area contributed by atoms with Crippen molar-refractivity contribution in [2.24, 2.45) is 0 Å². The standard InChI is InChI=1S/C39H24N2O3S/c1-40-27-15-18-37-35(21-27)31-7-2-4-11-36(31)41(37)28-16-17-29-26(19-28)23-45(42,43)22-25-14-13-24(20-34(25)29)30-9-6-10-33-32-8-3-5-12-38(32)44-39(30)33/h2-21H,22-23H2. The van der Waals surface area contributed by atoms with Gasteiger partial charge < -0.3 is 8.98 Å². The number of aromatic nitrogens is 1. The van der Waals surface area contributed by atoms with E-state index in [1.807, 2.05) is 72.8 Å². The highest BCUT2D eigenvalue weighted by molar-refractivity contribution is 7.89. The Morgan fingerprint density at radius 2 is 1.40 bits per heavy atom. The Hall–Kier alpha value is -5.64. The zero-order chi connectivity index (χ0) is 30.3. The lowest BCUT2D eigenvalue weighted by Gasteiger charge is -2.14. The average Bonchev–Trinajstić information content (AvgIpc) is 3.57. The molecule has 45 heavy (non-hydrogen) atoms. The van der Waals surface area contributed by atoms with Gasteiger partial charge in [0, 0.05) is 27.4 Å². The molecule has 0 N–H and O–H groups in total. The molecule has 6 heteroatoms. The van der Waals surface area contributed by atoms with E-state index in [9.17, 15) is 8.42 Å². The summed E-state index contributed by atoms with van der Waals surface area (Å²) in [7, 11) is -3.42. The van der Waals surface area contributed by atoms with E-state index >= 15 is 0 Å². The summed E-state index contributed by atoms with van der Waals surface area (Å²) in [5.41, 5.74) is 10.5. The van der Waals surface area contributed by atoms with Crippen LogP contribution in [0.1, 0.15) is 11.1 Å². The molecule has 6 aromatic carbocycles. The number of hydrogen-bond donors (Lipinski definition) is 0. The Bertz CT molecular complexity index is 2690. The number of fused-ring (bicyclic) bond motifs is 9. The Morgan fingerprint density at radius 1 is 0.622 bits per heavy atom. The molecule has 0 bridgehead atoms. The second-order valence-corrected chi connectivity index (χ2v) is 13.8. The van der Waals surface area contributed by atoms with E-state index < -0.39 is 9.84 Å². The molecule has 0 fully saturated rings. The summed E-state index contributed by atoms with van der Waals surface area (Å²) in [6, 6.07) is 40.3. The summed E-state index contributed by atoms with van der Waals surface area (Å²) < 4.78 is 35.4. The van der Waals surface area contributed by atoms with E-state index in [1.54, 1.807) is 0 Å². The van der Waals surface area contributed by atoms with E-state index in [0.29, 0.717) is 5.69 Å². The normalized spacial score (nSPS) is 13.9. The van der Waals surface area contributed by atoms with E-state index in [-0.39, 0.29) is 11.5 Å². The van der Waals surface area contributed by atoms with Gasteiger partial charge >= 0.3 is 0 Å². The summed E-state index contributed by atoms with van der Waals surface area (Å²) in [5, 5.41) is 4.18.